The van der Waals surface area contributed by atoms with Crippen molar-refractivity contribution in [3.8, 4) is 5.75 Å². The molecule has 0 aromatic heterocycles. The summed E-state index contributed by atoms with van der Waals surface area (Å²) >= 11 is 0. The fourth-order valence-corrected chi connectivity index (χ4v) is 2.54. The van der Waals surface area contributed by atoms with Gasteiger partial charge in [0.2, 0.25) is 0 Å². The number of benzene rings is 2. The van der Waals surface area contributed by atoms with Crippen molar-refractivity contribution in [2.45, 2.75) is 52.7 Å². The van der Waals surface area contributed by atoms with Crippen LogP contribution in [0.4, 0.5) is 0 Å². The number of nitrogens with one attached hydrogen (secondary N) is 1. The Morgan fingerprint density at radius 1 is 0.917 bits per heavy atom. The molecule has 0 bridgehead atoms. The topological polar surface area (TPSA) is 21.3 Å². The van der Waals surface area contributed by atoms with Crippen LogP contribution >= 0.6 is 12.4 Å². The molecule has 2 aromatic carbocycles. The second-order valence-electron chi connectivity index (χ2n) is 6.12. The first-order valence-electron chi connectivity index (χ1n) is 8.76. The lowest BCUT2D eigenvalue weighted by atomic mass is 10.1. The molecule has 0 aliphatic carbocycles. The summed E-state index contributed by atoms with van der Waals surface area (Å²) in [6.07, 6.45) is 5.18. The van der Waals surface area contributed by atoms with E-state index in [2.05, 4.69) is 61.6 Å². The third-order valence-electron chi connectivity index (χ3n) is 4.01. The fourth-order valence-electron chi connectivity index (χ4n) is 2.54. The Morgan fingerprint density at radius 2 is 1.67 bits per heavy atom. The molecule has 0 aliphatic rings. The van der Waals surface area contributed by atoms with Gasteiger partial charge in [-0.25, -0.2) is 0 Å². The lowest BCUT2D eigenvalue weighted by Crippen LogP contribution is -2.15. The van der Waals surface area contributed by atoms with Crippen molar-refractivity contribution in [1.29, 1.82) is 0 Å². The summed E-state index contributed by atoms with van der Waals surface area (Å²) < 4.78 is 6.02. The SMILES string of the molecule is CCCCCCNCc1ccccc1OCc1ccc(C)cc1.Cl. The van der Waals surface area contributed by atoms with Crippen LogP contribution in [-0.2, 0) is 13.2 Å². The Bertz CT molecular complexity index is 568. The Labute approximate surface area is 153 Å². The lowest BCUT2D eigenvalue weighted by molar-refractivity contribution is 0.302. The highest BCUT2D eigenvalue weighted by Gasteiger charge is 2.03. The van der Waals surface area contributed by atoms with Crippen molar-refractivity contribution in [3.63, 3.8) is 0 Å². The maximum Gasteiger partial charge on any atom is 0.124 e. The molecule has 132 valence electrons. The Hall–Kier alpha value is -1.51. The van der Waals surface area contributed by atoms with E-state index in [-0.39, 0.29) is 12.4 Å². The number of aryl methyl sites for hydroxylation is 1. The zero-order valence-corrected chi connectivity index (χ0v) is 15.7. The van der Waals surface area contributed by atoms with E-state index in [9.17, 15) is 0 Å². The third kappa shape index (κ3) is 7.37. The first-order chi connectivity index (χ1) is 11.3. The van der Waals surface area contributed by atoms with Crippen LogP contribution in [0, 0.1) is 6.92 Å². The van der Waals surface area contributed by atoms with Crippen LogP contribution in [0.1, 0.15) is 49.3 Å². The number of unbranched alkanes of at least 4 members (excludes halogenated alkanes) is 3. The zero-order chi connectivity index (χ0) is 16.3. The molecule has 0 amide bonds. The van der Waals surface area contributed by atoms with Gasteiger partial charge in [-0.15, -0.1) is 12.4 Å². The van der Waals surface area contributed by atoms with Crippen molar-refractivity contribution in [2.75, 3.05) is 6.54 Å². The van der Waals surface area contributed by atoms with E-state index < -0.39 is 0 Å². The van der Waals surface area contributed by atoms with E-state index in [4.69, 9.17) is 4.74 Å². The molecule has 2 aromatic rings. The standard InChI is InChI=1S/C21H29NO.ClH/c1-3-4-5-8-15-22-16-20-9-6-7-10-21(20)23-17-19-13-11-18(2)12-14-19;/h6-7,9-14,22H,3-5,8,15-17H2,1-2H3;1H. The van der Waals surface area contributed by atoms with Gasteiger partial charge in [0, 0.05) is 12.1 Å². The second-order valence-corrected chi connectivity index (χ2v) is 6.12. The predicted molar refractivity (Wildman–Crippen MR) is 105 cm³/mol. The maximum absolute atomic E-state index is 6.02. The Balaban J connectivity index is 0.00000288. The molecular formula is C21H30ClNO. The van der Waals surface area contributed by atoms with Crippen LogP contribution in [0.25, 0.3) is 0 Å². The van der Waals surface area contributed by atoms with Gasteiger partial charge < -0.3 is 10.1 Å². The minimum absolute atomic E-state index is 0. The predicted octanol–water partition coefficient (Wildman–Crippen LogP) is 5.67. The molecule has 0 unspecified atom stereocenters. The van der Waals surface area contributed by atoms with Crippen molar-refractivity contribution < 1.29 is 4.74 Å². The normalized spacial score (nSPS) is 10.2. The average Bonchev–Trinajstić information content (AvgIpc) is 2.58. The smallest absolute Gasteiger partial charge is 0.124 e. The summed E-state index contributed by atoms with van der Waals surface area (Å²) in [7, 11) is 0. The largest absolute Gasteiger partial charge is 0.489 e. The van der Waals surface area contributed by atoms with Gasteiger partial charge in [0.15, 0.2) is 0 Å². The van der Waals surface area contributed by atoms with Gasteiger partial charge in [0.25, 0.3) is 0 Å². The van der Waals surface area contributed by atoms with Crippen LogP contribution in [-0.4, -0.2) is 6.54 Å². The monoisotopic (exact) mass is 347 g/mol. The molecule has 0 heterocycles. The molecule has 0 spiro atoms. The van der Waals surface area contributed by atoms with Crippen LogP contribution in [0.3, 0.4) is 0 Å². The molecule has 2 rings (SSSR count). The lowest BCUT2D eigenvalue weighted by Gasteiger charge is -2.12. The Kier molecular flexibility index (Phi) is 10.2. The van der Waals surface area contributed by atoms with Crippen molar-refractivity contribution >= 4 is 12.4 Å². The van der Waals surface area contributed by atoms with Crippen LogP contribution in [0.5, 0.6) is 5.75 Å². The first kappa shape index (κ1) is 20.5. The summed E-state index contributed by atoms with van der Waals surface area (Å²) in [6, 6.07) is 16.8. The molecular weight excluding hydrogens is 318 g/mol. The number of ether oxygens (including phenoxy) is 1. The molecule has 0 saturated carbocycles. The number of hydrogen-bond acceptors (Lipinski definition) is 2. The molecule has 2 nitrogen and oxygen atoms in total. The van der Waals surface area contributed by atoms with E-state index in [1.165, 1.54) is 42.4 Å². The summed E-state index contributed by atoms with van der Waals surface area (Å²) in [5.74, 6) is 0.981. The second kappa shape index (κ2) is 11.9. The highest BCUT2D eigenvalue weighted by Crippen LogP contribution is 2.19. The van der Waals surface area contributed by atoms with Gasteiger partial charge in [-0.1, -0.05) is 74.2 Å². The van der Waals surface area contributed by atoms with Gasteiger partial charge in [0.05, 0.1) is 0 Å². The van der Waals surface area contributed by atoms with E-state index in [0.29, 0.717) is 6.61 Å². The van der Waals surface area contributed by atoms with Crippen molar-refractivity contribution in [2.24, 2.45) is 0 Å². The van der Waals surface area contributed by atoms with E-state index in [1.54, 1.807) is 0 Å². The molecule has 1 N–H and O–H groups in total. The van der Waals surface area contributed by atoms with E-state index >= 15 is 0 Å². The summed E-state index contributed by atoms with van der Waals surface area (Å²) in [5.41, 5.74) is 3.72. The van der Waals surface area contributed by atoms with Crippen molar-refractivity contribution in [3.05, 3.63) is 65.2 Å². The highest BCUT2D eigenvalue weighted by atomic mass is 35.5. The maximum atomic E-state index is 6.02. The van der Waals surface area contributed by atoms with E-state index in [0.717, 1.165) is 18.8 Å². The highest BCUT2D eigenvalue weighted by molar-refractivity contribution is 5.85. The van der Waals surface area contributed by atoms with Crippen LogP contribution in [0.15, 0.2) is 48.5 Å². The van der Waals surface area contributed by atoms with Gasteiger partial charge in [0.1, 0.15) is 12.4 Å². The number of para-hydroxylation sites is 1. The number of rotatable bonds is 10. The quantitative estimate of drug-likeness (QED) is 0.559. The van der Waals surface area contributed by atoms with Gasteiger partial charge in [-0.2, -0.15) is 0 Å². The Morgan fingerprint density at radius 3 is 2.42 bits per heavy atom. The molecule has 0 atom stereocenters. The molecule has 0 saturated heterocycles. The third-order valence-corrected chi connectivity index (χ3v) is 4.01. The van der Waals surface area contributed by atoms with E-state index in [1.807, 2.05) is 6.07 Å². The van der Waals surface area contributed by atoms with Gasteiger partial charge in [-0.3, -0.25) is 0 Å². The minimum atomic E-state index is 0. The molecule has 0 radical (unpaired) electrons. The fraction of sp³-hybridized carbons (Fsp3) is 0.429. The summed E-state index contributed by atoms with van der Waals surface area (Å²) in [5, 5.41) is 3.53. The van der Waals surface area contributed by atoms with Gasteiger partial charge >= 0.3 is 0 Å². The first-order valence-corrected chi connectivity index (χ1v) is 8.76. The van der Waals surface area contributed by atoms with Crippen molar-refractivity contribution in [1.82, 2.24) is 5.32 Å². The van der Waals surface area contributed by atoms with Crippen LogP contribution < -0.4 is 10.1 Å². The van der Waals surface area contributed by atoms with Crippen LogP contribution in [0.2, 0.25) is 0 Å². The number of hydrogen-bond donors (Lipinski definition) is 1. The molecule has 0 aliphatic heterocycles. The molecule has 24 heavy (non-hydrogen) atoms. The minimum Gasteiger partial charge on any atom is -0.489 e. The average molecular weight is 348 g/mol. The van der Waals surface area contributed by atoms with Gasteiger partial charge in [-0.05, 0) is 31.5 Å². The summed E-state index contributed by atoms with van der Waals surface area (Å²) in [6.45, 7) is 6.91. The molecule has 3 heteroatoms. The zero-order valence-electron chi connectivity index (χ0n) is 14.9. The summed E-state index contributed by atoms with van der Waals surface area (Å²) in [4.78, 5) is 0. The molecule has 0 fully saturated rings. The number of halogens is 1.